The summed E-state index contributed by atoms with van der Waals surface area (Å²) in [5, 5.41) is 16.1. The fourth-order valence-electron chi connectivity index (χ4n) is 1.45. The number of hydrogen-bond acceptors (Lipinski definition) is 5. The van der Waals surface area contributed by atoms with Gasteiger partial charge in [-0.2, -0.15) is 0 Å². The lowest BCUT2D eigenvalue weighted by molar-refractivity contribution is 0.0600. The maximum absolute atomic E-state index is 11.4. The fourth-order valence-corrected chi connectivity index (χ4v) is 1.45. The van der Waals surface area contributed by atoms with Gasteiger partial charge >= 0.3 is 11.9 Å². The lowest BCUT2D eigenvalue weighted by atomic mass is 10.2. The molecule has 1 aromatic carbocycles. The molecule has 0 atom stereocenters. The average molecular weight is 247 g/mol. The molecule has 0 saturated heterocycles. The third-order valence-corrected chi connectivity index (χ3v) is 2.28. The van der Waals surface area contributed by atoms with Crippen LogP contribution in [0.4, 0.5) is 0 Å². The van der Waals surface area contributed by atoms with Crippen molar-refractivity contribution in [2.24, 2.45) is 0 Å². The lowest BCUT2D eigenvalue weighted by Gasteiger charge is -2.05. The zero-order chi connectivity index (χ0) is 13.1. The monoisotopic (exact) mass is 247 g/mol. The van der Waals surface area contributed by atoms with E-state index in [1.54, 1.807) is 18.2 Å². The van der Waals surface area contributed by atoms with Crippen molar-refractivity contribution in [1.29, 1.82) is 0 Å². The van der Waals surface area contributed by atoms with Crippen molar-refractivity contribution in [3.8, 4) is 5.69 Å². The molecule has 92 valence electrons. The summed E-state index contributed by atoms with van der Waals surface area (Å²) in [7, 11) is 1.27. The van der Waals surface area contributed by atoms with E-state index in [9.17, 15) is 9.59 Å². The van der Waals surface area contributed by atoms with Crippen LogP contribution < -0.4 is 0 Å². The van der Waals surface area contributed by atoms with Crippen LogP contribution in [0.25, 0.3) is 5.69 Å². The first-order valence-electron chi connectivity index (χ1n) is 4.96. The van der Waals surface area contributed by atoms with E-state index in [0.717, 1.165) is 10.9 Å². The van der Waals surface area contributed by atoms with Crippen LogP contribution in [0, 0.1) is 0 Å². The van der Waals surface area contributed by atoms with Gasteiger partial charge in [-0.15, -0.1) is 5.10 Å². The molecule has 0 unspecified atom stereocenters. The molecule has 0 aliphatic rings. The quantitative estimate of drug-likeness (QED) is 0.804. The smallest absolute Gasteiger partial charge is 0.356 e. The van der Waals surface area contributed by atoms with Gasteiger partial charge in [0.05, 0.1) is 24.6 Å². The standard InChI is InChI=1S/C11H9N3O4/c1-18-11(17)7-3-2-4-8(5-7)14-9(10(15)16)6-12-13-14/h2-6H,1H3,(H,15,16). The number of carbonyl (C=O) groups excluding carboxylic acids is 1. The van der Waals surface area contributed by atoms with Gasteiger partial charge in [-0.3, -0.25) is 0 Å². The zero-order valence-electron chi connectivity index (χ0n) is 9.40. The van der Waals surface area contributed by atoms with Crippen LogP contribution in [0.3, 0.4) is 0 Å². The van der Waals surface area contributed by atoms with E-state index in [-0.39, 0.29) is 5.69 Å². The van der Waals surface area contributed by atoms with E-state index in [2.05, 4.69) is 15.0 Å². The second-order valence-electron chi connectivity index (χ2n) is 3.38. The van der Waals surface area contributed by atoms with E-state index in [4.69, 9.17) is 5.11 Å². The Labute approximate surface area is 102 Å². The zero-order valence-corrected chi connectivity index (χ0v) is 9.40. The number of rotatable bonds is 3. The Hall–Kier alpha value is -2.70. The number of aromatic carboxylic acids is 1. The van der Waals surface area contributed by atoms with Crippen molar-refractivity contribution in [3.63, 3.8) is 0 Å². The van der Waals surface area contributed by atoms with Gasteiger partial charge in [0.2, 0.25) is 0 Å². The van der Waals surface area contributed by atoms with Crippen LogP contribution >= 0.6 is 0 Å². The van der Waals surface area contributed by atoms with E-state index in [1.165, 1.54) is 13.2 Å². The molecule has 0 saturated carbocycles. The normalized spacial score (nSPS) is 10.1. The minimum Gasteiger partial charge on any atom is -0.476 e. The molecule has 1 N–H and O–H groups in total. The first kappa shape index (κ1) is 11.8. The highest BCUT2D eigenvalue weighted by Gasteiger charge is 2.14. The Morgan fingerprint density at radius 1 is 1.39 bits per heavy atom. The second-order valence-corrected chi connectivity index (χ2v) is 3.38. The average Bonchev–Trinajstić information content (AvgIpc) is 2.87. The van der Waals surface area contributed by atoms with Gasteiger partial charge in [-0.1, -0.05) is 11.3 Å². The van der Waals surface area contributed by atoms with Crippen molar-refractivity contribution >= 4 is 11.9 Å². The molecule has 2 rings (SSSR count). The first-order valence-corrected chi connectivity index (χ1v) is 4.96. The number of aromatic nitrogens is 3. The summed E-state index contributed by atoms with van der Waals surface area (Å²) in [5.41, 5.74) is 0.645. The Kier molecular flexibility index (Phi) is 3.05. The predicted molar refractivity (Wildman–Crippen MR) is 59.7 cm³/mol. The number of carboxylic acid groups (broad SMARTS) is 1. The van der Waals surface area contributed by atoms with Crippen LogP contribution in [0.1, 0.15) is 20.8 Å². The summed E-state index contributed by atoms with van der Waals surface area (Å²) in [6.45, 7) is 0. The van der Waals surface area contributed by atoms with Gasteiger partial charge in [0.25, 0.3) is 0 Å². The maximum Gasteiger partial charge on any atom is 0.356 e. The first-order chi connectivity index (χ1) is 8.63. The van der Waals surface area contributed by atoms with E-state index >= 15 is 0 Å². The van der Waals surface area contributed by atoms with Gasteiger partial charge in [-0.05, 0) is 18.2 Å². The van der Waals surface area contributed by atoms with Crippen LogP contribution in [0.2, 0.25) is 0 Å². The molecule has 0 amide bonds. The van der Waals surface area contributed by atoms with Crippen molar-refractivity contribution < 1.29 is 19.4 Å². The predicted octanol–water partition coefficient (Wildman–Crippen LogP) is 0.752. The Morgan fingerprint density at radius 2 is 2.17 bits per heavy atom. The van der Waals surface area contributed by atoms with E-state index in [1.807, 2.05) is 0 Å². The largest absolute Gasteiger partial charge is 0.476 e. The molecule has 7 heteroatoms. The van der Waals surface area contributed by atoms with Crippen molar-refractivity contribution in [2.45, 2.75) is 0 Å². The molecule has 1 heterocycles. The third kappa shape index (κ3) is 2.05. The molecule has 0 aliphatic carbocycles. The second kappa shape index (κ2) is 4.66. The number of hydrogen-bond donors (Lipinski definition) is 1. The number of ether oxygens (including phenoxy) is 1. The van der Waals surface area contributed by atoms with E-state index in [0.29, 0.717) is 11.3 Å². The van der Waals surface area contributed by atoms with Gasteiger partial charge in [-0.25, -0.2) is 14.3 Å². The van der Waals surface area contributed by atoms with E-state index < -0.39 is 11.9 Å². The topological polar surface area (TPSA) is 94.3 Å². The summed E-state index contributed by atoms with van der Waals surface area (Å²) in [4.78, 5) is 22.3. The molecule has 0 spiro atoms. The highest BCUT2D eigenvalue weighted by molar-refractivity contribution is 5.90. The number of methoxy groups -OCH3 is 1. The summed E-state index contributed by atoms with van der Waals surface area (Å²) in [6, 6.07) is 6.27. The molecule has 0 radical (unpaired) electrons. The van der Waals surface area contributed by atoms with Gasteiger partial charge in [0.15, 0.2) is 5.69 Å². The molecule has 0 bridgehead atoms. The number of carbonyl (C=O) groups is 2. The van der Waals surface area contributed by atoms with Gasteiger partial charge in [0, 0.05) is 0 Å². The number of esters is 1. The summed E-state index contributed by atoms with van der Waals surface area (Å²) >= 11 is 0. The Bertz CT molecular complexity index is 606. The molecule has 2 aromatic rings. The minimum absolute atomic E-state index is 0.0861. The van der Waals surface area contributed by atoms with Crippen molar-refractivity contribution in [1.82, 2.24) is 15.0 Å². The number of nitrogens with zero attached hydrogens (tertiary/aromatic N) is 3. The molecule has 18 heavy (non-hydrogen) atoms. The SMILES string of the molecule is COC(=O)c1cccc(-n2nncc2C(=O)O)c1. The fraction of sp³-hybridized carbons (Fsp3) is 0.0909. The molecule has 0 fully saturated rings. The Morgan fingerprint density at radius 3 is 2.83 bits per heavy atom. The Balaban J connectivity index is 2.48. The van der Waals surface area contributed by atoms with Gasteiger partial charge in [0.1, 0.15) is 0 Å². The van der Waals surface area contributed by atoms with Crippen LogP contribution in [-0.2, 0) is 4.74 Å². The summed E-state index contributed by atoms with van der Waals surface area (Å²) < 4.78 is 5.72. The maximum atomic E-state index is 11.4. The highest BCUT2D eigenvalue weighted by atomic mass is 16.5. The van der Waals surface area contributed by atoms with Crippen molar-refractivity contribution in [2.75, 3.05) is 7.11 Å². The number of carboxylic acids is 1. The highest BCUT2D eigenvalue weighted by Crippen LogP contribution is 2.12. The minimum atomic E-state index is -1.15. The molecule has 7 nitrogen and oxygen atoms in total. The third-order valence-electron chi connectivity index (χ3n) is 2.28. The molecule has 0 aliphatic heterocycles. The molecule has 1 aromatic heterocycles. The van der Waals surface area contributed by atoms with Gasteiger partial charge < -0.3 is 9.84 Å². The number of benzene rings is 1. The van der Waals surface area contributed by atoms with Crippen LogP contribution in [0.5, 0.6) is 0 Å². The summed E-state index contributed by atoms with van der Waals surface area (Å²) in [5.74, 6) is -1.66. The van der Waals surface area contributed by atoms with Crippen molar-refractivity contribution in [3.05, 3.63) is 41.7 Å². The molecular weight excluding hydrogens is 238 g/mol. The lowest BCUT2D eigenvalue weighted by Crippen LogP contribution is -2.09. The van der Waals surface area contributed by atoms with Crippen LogP contribution in [0.15, 0.2) is 30.5 Å². The molecular formula is C11H9N3O4. The van der Waals surface area contributed by atoms with Crippen LogP contribution in [-0.4, -0.2) is 39.1 Å². The summed E-state index contributed by atoms with van der Waals surface area (Å²) in [6.07, 6.45) is 1.13.